The van der Waals surface area contributed by atoms with Crippen molar-refractivity contribution in [1.82, 2.24) is 4.90 Å². The molecule has 1 atom stereocenters. The van der Waals surface area contributed by atoms with E-state index in [2.05, 4.69) is 43.3 Å². The van der Waals surface area contributed by atoms with Crippen LogP contribution in [0.15, 0.2) is 17.5 Å². The predicted octanol–water partition coefficient (Wildman–Crippen LogP) is 2.09. The molecule has 0 fully saturated rings. The van der Waals surface area contributed by atoms with Crippen molar-refractivity contribution in [1.29, 1.82) is 0 Å². The molecule has 0 aliphatic carbocycles. The zero-order chi connectivity index (χ0) is 9.84. The van der Waals surface area contributed by atoms with Gasteiger partial charge in [0.25, 0.3) is 0 Å². The van der Waals surface area contributed by atoms with Gasteiger partial charge in [0, 0.05) is 17.5 Å². The van der Waals surface area contributed by atoms with E-state index in [0.29, 0.717) is 6.04 Å². The number of nitrogens with zero attached hydrogens (tertiary/aromatic N) is 1. The Morgan fingerprint density at radius 2 is 2.23 bits per heavy atom. The fraction of sp³-hybridized carbons (Fsp3) is 0.600. The van der Waals surface area contributed by atoms with Crippen molar-refractivity contribution >= 4 is 11.3 Å². The molecule has 1 aromatic heterocycles. The Morgan fingerprint density at radius 3 is 2.69 bits per heavy atom. The third-order valence-electron chi connectivity index (χ3n) is 2.27. The maximum absolute atomic E-state index is 6.05. The number of hydrogen-bond donors (Lipinski definition) is 1. The molecule has 1 aromatic rings. The van der Waals surface area contributed by atoms with Gasteiger partial charge in [0.15, 0.2) is 0 Å². The van der Waals surface area contributed by atoms with Gasteiger partial charge < -0.3 is 10.6 Å². The van der Waals surface area contributed by atoms with Crippen molar-refractivity contribution in [3.8, 4) is 0 Å². The highest BCUT2D eigenvalue weighted by atomic mass is 32.1. The van der Waals surface area contributed by atoms with E-state index in [-0.39, 0.29) is 6.04 Å². The van der Waals surface area contributed by atoms with Crippen LogP contribution in [0.3, 0.4) is 0 Å². The van der Waals surface area contributed by atoms with Crippen LogP contribution in [0.2, 0.25) is 0 Å². The highest BCUT2D eigenvalue weighted by Gasteiger charge is 2.11. The summed E-state index contributed by atoms with van der Waals surface area (Å²) in [6.45, 7) is 5.29. The molecule has 1 unspecified atom stereocenters. The Morgan fingerprint density at radius 1 is 1.54 bits per heavy atom. The fourth-order valence-electron chi connectivity index (χ4n) is 1.11. The molecule has 3 heteroatoms. The molecule has 1 heterocycles. The molecule has 0 saturated carbocycles. The van der Waals surface area contributed by atoms with Gasteiger partial charge in [-0.2, -0.15) is 0 Å². The second-order valence-corrected chi connectivity index (χ2v) is 4.63. The molecule has 2 N–H and O–H groups in total. The fourth-order valence-corrected chi connectivity index (χ4v) is 1.83. The normalized spacial score (nSPS) is 14.0. The lowest BCUT2D eigenvalue weighted by Crippen LogP contribution is -2.33. The van der Waals surface area contributed by atoms with E-state index in [1.807, 2.05) is 0 Å². The van der Waals surface area contributed by atoms with E-state index in [4.69, 9.17) is 5.73 Å². The van der Waals surface area contributed by atoms with Crippen molar-refractivity contribution in [3.05, 3.63) is 22.4 Å². The first-order valence-electron chi connectivity index (χ1n) is 4.60. The lowest BCUT2D eigenvalue weighted by molar-refractivity contribution is 0.258. The summed E-state index contributed by atoms with van der Waals surface area (Å²) in [4.78, 5) is 3.54. The predicted molar refractivity (Wildman–Crippen MR) is 59.0 cm³/mol. The second-order valence-electron chi connectivity index (χ2n) is 3.66. The molecule has 74 valence electrons. The maximum Gasteiger partial charge on any atom is 0.0519 e. The Hall–Kier alpha value is -0.380. The molecule has 13 heavy (non-hydrogen) atoms. The summed E-state index contributed by atoms with van der Waals surface area (Å²) in [6, 6.07) is 4.87. The van der Waals surface area contributed by atoms with E-state index in [9.17, 15) is 0 Å². The Bertz CT molecular complexity index is 231. The average Bonchev–Trinajstić information content (AvgIpc) is 2.55. The van der Waals surface area contributed by atoms with Crippen molar-refractivity contribution in [2.45, 2.75) is 25.9 Å². The van der Waals surface area contributed by atoms with Gasteiger partial charge in [0.2, 0.25) is 0 Å². The Labute approximate surface area is 84.4 Å². The first-order valence-corrected chi connectivity index (χ1v) is 5.48. The zero-order valence-corrected chi connectivity index (χ0v) is 9.34. The summed E-state index contributed by atoms with van der Waals surface area (Å²) >= 11 is 1.73. The third-order valence-corrected chi connectivity index (χ3v) is 3.28. The Kier molecular flexibility index (Phi) is 3.90. The number of nitrogens with two attached hydrogens (primary N) is 1. The summed E-state index contributed by atoms with van der Waals surface area (Å²) < 4.78 is 0. The molecular formula is C10H18N2S. The molecule has 0 radical (unpaired) electrons. The third kappa shape index (κ3) is 3.10. The van der Waals surface area contributed by atoms with Gasteiger partial charge in [-0.25, -0.2) is 0 Å². The molecule has 1 rings (SSSR count). The van der Waals surface area contributed by atoms with Crippen LogP contribution in [0.4, 0.5) is 0 Å². The topological polar surface area (TPSA) is 29.3 Å². The van der Waals surface area contributed by atoms with Crippen molar-refractivity contribution in [2.75, 3.05) is 13.6 Å². The Balaban J connectivity index is 2.46. The second kappa shape index (κ2) is 4.74. The first-order chi connectivity index (χ1) is 6.11. The molecule has 0 aliphatic heterocycles. The van der Waals surface area contributed by atoms with E-state index in [0.717, 1.165) is 6.54 Å². The van der Waals surface area contributed by atoms with E-state index in [1.54, 1.807) is 11.3 Å². The summed E-state index contributed by atoms with van der Waals surface area (Å²) in [5.41, 5.74) is 6.05. The number of hydrogen-bond acceptors (Lipinski definition) is 3. The minimum Gasteiger partial charge on any atom is -0.322 e. The van der Waals surface area contributed by atoms with Gasteiger partial charge in [-0.15, -0.1) is 11.3 Å². The van der Waals surface area contributed by atoms with Crippen LogP contribution in [0.25, 0.3) is 0 Å². The van der Waals surface area contributed by atoms with Gasteiger partial charge in [-0.05, 0) is 32.3 Å². The summed E-state index contributed by atoms with van der Waals surface area (Å²) in [6.07, 6.45) is 0. The molecular weight excluding hydrogens is 180 g/mol. The highest BCUT2D eigenvalue weighted by molar-refractivity contribution is 7.10. The molecule has 0 aromatic carbocycles. The maximum atomic E-state index is 6.05. The standard InChI is InChI=1S/C10H18N2S/c1-8(2)12(3)7-9(11)10-5-4-6-13-10/h4-6,8-9H,7,11H2,1-3H3. The van der Waals surface area contributed by atoms with Crippen LogP contribution in [-0.4, -0.2) is 24.5 Å². The van der Waals surface area contributed by atoms with Crippen LogP contribution in [0.5, 0.6) is 0 Å². The summed E-state index contributed by atoms with van der Waals surface area (Å²) in [7, 11) is 2.11. The quantitative estimate of drug-likeness (QED) is 0.802. The summed E-state index contributed by atoms with van der Waals surface area (Å²) in [5.74, 6) is 0. The number of rotatable bonds is 4. The number of likely N-dealkylation sites (N-methyl/N-ethyl adjacent to an activating group) is 1. The van der Waals surface area contributed by atoms with Crippen LogP contribution in [0, 0.1) is 0 Å². The van der Waals surface area contributed by atoms with E-state index in [1.165, 1.54) is 4.88 Å². The van der Waals surface area contributed by atoms with Gasteiger partial charge in [0.1, 0.15) is 0 Å². The van der Waals surface area contributed by atoms with Crippen molar-refractivity contribution < 1.29 is 0 Å². The van der Waals surface area contributed by atoms with Crippen molar-refractivity contribution in [3.63, 3.8) is 0 Å². The zero-order valence-electron chi connectivity index (χ0n) is 8.53. The van der Waals surface area contributed by atoms with Gasteiger partial charge in [-0.1, -0.05) is 6.07 Å². The van der Waals surface area contributed by atoms with Crippen LogP contribution >= 0.6 is 11.3 Å². The highest BCUT2D eigenvalue weighted by Crippen LogP contribution is 2.17. The lowest BCUT2D eigenvalue weighted by atomic mass is 10.2. The first kappa shape index (κ1) is 10.7. The van der Waals surface area contributed by atoms with E-state index < -0.39 is 0 Å². The molecule has 0 spiro atoms. The smallest absolute Gasteiger partial charge is 0.0519 e. The molecule has 0 saturated heterocycles. The van der Waals surface area contributed by atoms with E-state index >= 15 is 0 Å². The van der Waals surface area contributed by atoms with Crippen molar-refractivity contribution in [2.24, 2.45) is 5.73 Å². The average molecular weight is 198 g/mol. The van der Waals surface area contributed by atoms with Crippen LogP contribution < -0.4 is 5.73 Å². The van der Waals surface area contributed by atoms with Crippen LogP contribution in [-0.2, 0) is 0 Å². The van der Waals surface area contributed by atoms with Gasteiger partial charge in [0.05, 0.1) is 6.04 Å². The lowest BCUT2D eigenvalue weighted by Gasteiger charge is -2.24. The van der Waals surface area contributed by atoms with Gasteiger partial charge in [-0.3, -0.25) is 0 Å². The SMILES string of the molecule is CC(C)N(C)CC(N)c1cccs1. The monoisotopic (exact) mass is 198 g/mol. The molecule has 0 aliphatic rings. The van der Waals surface area contributed by atoms with Gasteiger partial charge >= 0.3 is 0 Å². The number of thiophene rings is 1. The molecule has 0 amide bonds. The largest absolute Gasteiger partial charge is 0.322 e. The minimum absolute atomic E-state index is 0.160. The molecule has 0 bridgehead atoms. The summed E-state index contributed by atoms with van der Waals surface area (Å²) in [5, 5.41) is 2.07. The molecule has 2 nitrogen and oxygen atoms in total. The minimum atomic E-state index is 0.160. The van der Waals surface area contributed by atoms with Crippen LogP contribution in [0.1, 0.15) is 24.8 Å².